The van der Waals surface area contributed by atoms with Crippen LogP contribution < -0.4 is 5.32 Å². The molecule has 0 saturated carbocycles. The van der Waals surface area contributed by atoms with Crippen LogP contribution in [0.3, 0.4) is 0 Å². The van der Waals surface area contributed by atoms with Gasteiger partial charge in [-0.05, 0) is 44.2 Å². The van der Waals surface area contributed by atoms with Crippen molar-refractivity contribution >= 4 is 5.91 Å². The van der Waals surface area contributed by atoms with Crippen LogP contribution in [0.2, 0.25) is 0 Å². The van der Waals surface area contributed by atoms with E-state index in [4.69, 9.17) is 0 Å². The van der Waals surface area contributed by atoms with Crippen molar-refractivity contribution in [2.24, 2.45) is 5.41 Å². The van der Waals surface area contributed by atoms with Crippen LogP contribution in [0.15, 0.2) is 18.3 Å². The zero-order valence-corrected chi connectivity index (χ0v) is 15.5. The first-order valence-electron chi connectivity index (χ1n) is 9.80. The molecule has 4 rings (SSSR count). The number of aryl methyl sites for hydroxylation is 1. The fraction of sp³-hybridized carbons (Fsp3) is 0.700. The third kappa shape index (κ3) is 2.97. The maximum absolute atomic E-state index is 13.3. The van der Waals surface area contributed by atoms with Gasteiger partial charge >= 0.3 is 0 Å². The molecular formula is C20H30N4O. The number of nitrogens with zero attached hydrogens (tertiary/aromatic N) is 3. The molecule has 0 radical (unpaired) electrons. The fourth-order valence-electron chi connectivity index (χ4n) is 5.10. The highest BCUT2D eigenvalue weighted by atomic mass is 16.2. The Labute approximate surface area is 150 Å². The molecule has 3 saturated heterocycles. The first-order chi connectivity index (χ1) is 12.1. The Kier molecular flexibility index (Phi) is 4.54. The lowest BCUT2D eigenvalue weighted by Gasteiger charge is -2.42. The molecule has 25 heavy (non-hydrogen) atoms. The Morgan fingerprint density at radius 3 is 2.72 bits per heavy atom. The molecule has 1 N–H and O–H groups in total. The SMILES string of the molecule is CC[C@@]1(C(=O)N2CCN(Cc3ncccc3C)CC2)C[C@@H]2CC[C@H]1N2. The standard InChI is InChI=1S/C20H30N4O/c1-3-20(13-16-6-7-18(20)22-16)19(25)24-11-9-23(10-12-24)14-17-15(2)5-4-8-21-17/h4-5,8,16,18,22H,3,6-7,9-14H2,1-2H3/t16-,18+,20+/m0/s1. The number of fused-ring (bicyclic) bond motifs is 2. The van der Waals surface area contributed by atoms with E-state index >= 15 is 0 Å². The number of rotatable bonds is 4. The maximum atomic E-state index is 13.3. The van der Waals surface area contributed by atoms with Crippen molar-refractivity contribution in [1.29, 1.82) is 0 Å². The third-order valence-electron chi connectivity index (χ3n) is 6.73. The third-order valence-corrected chi connectivity index (χ3v) is 6.73. The minimum absolute atomic E-state index is 0.136. The van der Waals surface area contributed by atoms with Crippen molar-refractivity contribution in [2.75, 3.05) is 26.2 Å². The van der Waals surface area contributed by atoms with Crippen molar-refractivity contribution < 1.29 is 4.79 Å². The minimum atomic E-state index is -0.136. The van der Waals surface area contributed by atoms with Crippen LogP contribution in [-0.4, -0.2) is 59.0 Å². The molecule has 1 aromatic heterocycles. The molecule has 2 bridgehead atoms. The quantitative estimate of drug-likeness (QED) is 0.909. The number of aromatic nitrogens is 1. The average Bonchev–Trinajstić information content (AvgIpc) is 3.25. The normalized spacial score (nSPS) is 32.3. The minimum Gasteiger partial charge on any atom is -0.340 e. The number of pyridine rings is 1. The molecule has 0 aromatic carbocycles. The lowest BCUT2D eigenvalue weighted by atomic mass is 9.70. The van der Waals surface area contributed by atoms with Gasteiger partial charge in [-0.2, -0.15) is 0 Å². The number of amides is 1. The van der Waals surface area contributed by atoms with Crippen LogP contribution in [0.1, 0.15) is 43.9 Å². The number of carbonyl (C=O) groups is 1. The van der Waals surface area contributed by atoms with Crippen LogP contribution in [0.4, 0.5) is 0 Å². The molecule has 3 aliphatic heterocycles. The second kappa shape index (κ2) is 6.69. The predicted molar refractivity (Wildman–Crippen MR) is 98.1 cm³/mol. The zero-order chi connectivity index (χ0) is 17.4. The summed E-state index contributed by atoms with van der Waals surface area (Å²) < 4.78 is 0. The number of hydrogen-bond acceptors (Lipinski definition) is 4. The highest BCUT2D eigenvalue weighted by molar-refractivity contribution is 5.84. The van der Waals surface area contributed by atoms with E-state index in [1.165, 1.54) is 18.4 Å². The van der Waals surface area contributed by atoms with Gasteiger partial charge in [0.25, 0.3) is 0 Å². The summed E-state index contributed by atoms with van der Waals surface area (Å²) in [6.45, 7) is 8.80. The Hall–Kier alpha value is -1.46. The van der Waals surface area contributed by atoms with E-state index in [2.05, 4.69) is 40.0 Å². The highest BCUT2D eigenvalue weighted by Gasteiger charge is 2.55. The van der Waals surface area contributed by atoms with E-state index in [1.807, 2.05) is 12.3 Å². The van der Waals surface area contributed by atoms with Crippen LogP contribution in [0.25, 0.3) is 0 Å². The van der Waals surface area contributed by atoms with Crippen LogP contribution in [-0.2, 0) is 11.3 Å². The molecular weight excluding hydrogens is 312 g/mol. The summed E-state index contributed by atoms with van der Waals surface area (Å²) in [5.41, 5.74) is 2.27. The Balaban J connectivity index is 1.37. The first kappa shape index (κ1) is 17.0. The van der Waals surface area contributed by atoms with Gasteiger partial charge in [0.05, 0.1) is 11.1 Å². The van der Waals surface area contributed by atoms with Crippen molar-refractivity contribution in [1.82, 2.24) is 20.1 Å². The van der Waals surface area contributed by atoms with Gasteiger partial charge in [-0.3, -0.25) is 14.7 Å². The number of hydrogen-bond donors (Lipinski definition) is 1. The van der Waals surface area contributed by atoms with Crippen molar-refractivity contribution in [3.8, 4) is 0 Å². The van der Waals surface area contributed by atoms with Gasteiger partial charge in [0.15, 0.2) is 0 Å². The second-order valence-corrected chi connectivity index (χ2v) is 8.04. The maximum Gasteiger partial charge on any atom is 0.230 e. The van der Waals surface area contributed by atoms with Crippen molar-refractivity contribution in [3.63, 3.8) is 0 Å². The molecule has 5 nitrogen and oxygen atoms in total. The fourth-order valence-corrected chi connectivity index (χ4v) is 5.10. The number of carbonyl (C=O) groups excluding carboxylic acids is 1. The van der Waals surface area contributed by atoms with Gasteiger partial charge in [0.2, 0.25) is 5.91 Å². The van der Waals surface area contributed by atoms with Gasteiger partial charge in [-0.15, -0.1) is 0 Å². The molecule has 3 aliphatic rings. The second-order valence-electron chi connectivity index (χ2n) is 8.04. The number of piperazine rings is 1. The molecule has 5 heteroatoms. The molecule has 3 fully saturated rings. The largest absolute Gasteiger partial charge is 0.340 e. The smallest absolute Gasteiger partial charge is 0.230 e. The lowest BCUT2D eigenvalue weighted by molar-refractivity contribution is -0.145. The highest BCUT2D eigenvalue weighted by Crippen LogP contribution is 2.47. The average molecular weight is 342 g/mol. The van der Waals surface area contributed by atoms with E-state index < -0.39 is 0 Å². The number of nitrogens with one attached hydrogen (secondary N) is 1. The summed E-state index contributed by atoms with van der Waals surface area (Å²) >= 11 is 0. The summed E-state index contributed by atoms with van der Waals surface area (Å²) in [5, 5.41) is 3.67. The Morgan fingerprint density at radius 2 is 2.12 bits per heavy atom. The molecule has 136 valence electrons. The van der Waals surface area contributed by atoms with Gasteiger partial charge in [-0.25, -0.2) is 0 Å². The van der Waals surface area contributed by atoms with E-state index in [1.54, 1.807) is 0 Å². The molecule has 3 atom stereocenters. The van der Waals surface area contributed by atoms with E-state index in [-0.39, 0.29) is 5.41 Å². The van der Waals surface area contributed by atoms with Crippen LogP contribution >= 0.6 is 0 Å². The molecule has 1 aromatic rings. The van der Waals surface area contributed by atoms with Crippen LogP contribution in [0.5, 0.6) is 0 Å². The Bertz CT molecular complexity index is 640. The van der Waals surface area contributed by atoms with E-state index in [0.717, 1.165) is 51.3 Å². The van der Waals surface area contributed by atoms with E-state index in [0.29, 0.717) is 18.0 Å². The van der Waals surface area contributed by atoms with Crippen molar-refractivity contribution in [3.05, 3.63) is 29.6 Å². The Morgan fingerprint density at radius 1 is 1.32 bits per heavy atom. The van der Waals surface area contributed by atoms with Gasteiger partial charge in [-0.1, -0.05) is 13.0 Å². The lowest BCUT2D eigenvalue weighted by Crippen LogP contribution is -2.55. The molecule has 0 spiro atoms. The summed E-state index contributed by atoms with van der Waals surface area (Å²) in [6.07, 6.45) is 6.29. The van der Waals surface area contributed by atoms with Gasteiger partial charge in [0.1, 0.15) is 0 Å². The predicted octanol–water partition coefficient (Wildman–Crippen LogP) is 1.95. The summed E-state index contributed by atoms with van der Waals surface area (Å²) in [6, 6.07) is 5.09. The summed E-state index contributed by atoms with van der Waals surface area (Å²) in [7, 11) is 0. The van der Waals surface area contributed by atoms with Gasteiger partial charge in [0, 0.05) is 51.0 Å². The van der Waals surface area contributed by atoms with Crippen molar-refractivity contribution in [2.45, 2.75) is 58.2 Å². The topological polar surface area (TPSA) is 48.5 Å². The molecule has 1 amide bonds. The van der Waals surface area contributed by atoms with E-state index in [9.17, 15) is 4.79 Å². The molecule has 0 unspecified atom stereocenters. The first-order valence-corrected chi connectivity index (χ1v) is 9.80. The zero-order valence-electron chi connectivity index (χ0n) is 15.5. The molecule has 0 aliphatic carbocycles. The van der Waals surface area contributed by atoms with Crippen LogP contribution in [0, 0.1) is 12.3 Å². The summed E-state index contributed by atoms with van der Waals surface area (Å²) in [4.78, 5) is 22.4. The monoisotopic (exact) mass is 342 g/mol. The molecule has 4 heterocycles. The van der Waals surface area contributed by atoms with Gasteiger partial charge < -0.3 is 10.2 Å². The summed E-state index contributed by atoms with van der Waals surface area (Å²) in [5.74, 6) is 0.406.